The maximum atomic E-state index is 5.34. The molecule has 4 nitrogen and oxygen atoms in total. The molecular formula is C12H19N3O. The Morgan fingerprint density at radius 1 is 1.19 bits per heavy atom. The lowest BCUT2D eigenvalue weighted by molar-refractivity contribution is 0.357. The predicted octanol–water partition coefficient (Wildman–Crippen LogP) is 2.02. The van der Waals surface area contributed by atoms with E-state index in [1.165, 1.54) is 38.5 Å². The molecule has 0 spiro atoms. The van der Waals surface area contributed by atoms with Gasteiger partial charge in [0.05, 0.1) is 0 Å². The van der Waals surface area contributed by atoms with Gasteiger partial charge in [0.15, 0.2) is 5.82 Å². The van der Waals surface area contributed by atoms with Crippen molar-refractivity contribution in [3.63, 3.8) is 0 Å². The Morgan fingerprint density at radius 3 is 2.81 bits per heavy atom. The van der Waals surface area contributed by atoms with Gasteiger partial charge in [0.25, 0.3) is 0 Å². The third-order valence-corrected chi connectivity index (χ3v) is 3.79. The Morgan fingerprint density at radius 2 is 2.06 bits per heavy atom. The molecule has 1 aromatic heterocycles. The highest BCUT2D eigenvalue weighted by Crippen LogP contribution is 2.32. The van der Waals surface area contributed by atoms with Gasteiger partial charge in [-0.1, -0.05) is 18.0 Å². The van der Waals surface area contributed by atoms with Crippen molar-refractivity contribution in [1.29, 1.82) is 0 Å². The average molecular weight is 221 g/mol. The molecule has 3 rings (SSSR count). The summed E-state index contributed by atoms with van der Waals surface area (Å²) < 4.78 is 5.34. The van der Waals surface area contributed by atoms with Crippen LogP contribution in [0.25, 0.3) is 0 Å². The molecule has 1 N–H and O–H groups in total. The van der Waals surface area contributed by atoms with Crippen LogP contribution in [0.1, 0.15) is 56.2 Å². The topological polar surface area (TPSA) is 51.0 Å². The summed E-state index contributed by atoms with van der Waals surface area (Å²) in [6, 6.07) is 0.553. The lowest BCUT2D eigenvalue weighted by Gasteiger charge is -2.04. The van der Waals surface area contributed by atoms with Crippen LogP contribution in [-0.4, -0.2) is 22.7 Å². The summed E-state index contributed by atoms with van der Waals surface area (Å²) in [6.07, 6.45) is 8.52. The van der Waals surface area contributed by atoms with E-state index < -0.39 is 0 Å². The van der Waals surface area contributed by atoms with Gasteiger partial charge in [-0.05, 0) is 32.2 Å². The zero-order valence-electron chi connectivity index (χ0n) is 9.61. The first-order valence-corrected chi connectivity index (χ1v) is 6.47. The number of hydrogen-bond donors (Lipinski definition) is 1. The predicted molar refractivity (Wildman–Crippen MR) is 60.2 cm³/mol. The van der Waals surface area contributed by atoms with E-state index in [-0.39, 0.29) is 0 Å². The third-order valence-electron chi connectivity index (χ3n) is 3.79. The molecule has 2 fully saturated rings. The Balaban J connectivity index is 1.62. The molecule has 2 heterocycles. The van der Waals surface area contributed by atoms with Crippen molar-refractivity contribution in [2.24, 2.45) is 0 Å². The highest BCUT2D eigenvalue weighted by atomic mass is 16.5. The SMILES string of the molecule is C1CCC(c2noc(C[C@@H]3CCCN3)n2)C1. The van der Waals surface area contributed by atoms with Crippen LogP contribution in [0.3, 0.4) is 0 Å². The quantitative estimate of drug-likeness (QED) is 0.848. The minimum Gasteiger partial charge on any atom is -0.339 e. The Labute approximate surface area is 95.8 Å². The molecule has 16 heavy (non-hydrogen) atoms. The molecule has 1 saturated heterocycles. The summed E-state index contributed by atoms with van der Waals surface area (Å²) in [6.45, 7) is 1.13. The lowest BCUT2D eigenvalue weighted by atomic mass is 10.1. The molecule has 0 radical (unpaired) electrons. The summed E-state index contributed by atoms with van der Waals surface area (Å²) in [4.78, 5) is 4.54. The lowest BCUT2D eigenvalue weighted by Crippen LogP contribution is -2.23. The summed E-state index contributed by atoms with van der Waals surface area (Å²) in [5.41, 5.74) is 0. The molecule has 0 unspecified atom stereocenters. The smallest absolute Gasteiger partial charge is 0.228 e. The average Bonchev–Trinajstić information content (AvgIpc) is 2.99. The number of hydrogen-bond acceptors (Lipinski definition) is 4. The Bertz CT molecular complexity index is 338. The molecule has 0 amide bonds. The van der Waals surface area contributed by atoms with Crippen molar-refractivity contribution < 1.29 is 4.52 Å². The summed E-state index contributed by atoms with van der Waals surface area (Å²) in [5, 5.41) is 7.58. The van der Waals surface area contributed by atoms with Gasteiger partial charge in [-0.2, -0.15) is 4.98 Å². The fourth-order valence-corrected chi connectivity index (χ4v) is 2.84. The number of nitrogens with one attached hydrogen (secondary N) is 1. The van der Waals surface area contributed by atoms with Gasteiger partial charge in [-0.15, -0.1) is 0 Å². The molecule has 88 valence electrons. The van der Waals surface area contributed by atoms with E-state index in [2.05, 4.69) is 15.5 Å². The summed E-state index contributed by atoms with van der Waals surface area (Å²) in [7, 11) is 0. The van der Waals surface area contributed by atoms with E-state index in [0.717, 1.165) is 24.7 Å². The number of rotatable bonds is 3. The van der Waals surface area contributed by atoms with E-state index in [0.29, 0.717) is 12.0 Å². The fraction of sp³-hybridized carbons (Fsp3) is 0.833. The molecule has 1 saturated carbocycles. The standard InChI is InChI=1S/C12H19N3O/c1-2-5-9(4-1)12-14-11(16-15-12)8-10-6-3-7-13-10/h9-10,13H,1-8H2/t10-/m0/s1. The maximum absolute atomic E-state index is 5.34. The van der Waals surface area contributed by atoms with Crippen molar-refractivity contribution in [2.75, 3.05) is 6.54 Å². The molecule has 0 bridgehead atoms. The summed E-state index contributed by atoms with van der Waals surface area (Å²) in [5.74, 6) is 2.33. The highest BCUT2D eigenvalue weighted by Gasteiger charge is 2.23. The fourth-order valence-electron chi connectivity index (χ4n) is 2.84. The Kier molecular flexibility index (Phi) is 2.91. The molecule has 1 aromatic rings. The molecule has 1 aliphatic carbocycles. The highest BCUT2D eigenvalue weighted by molar-refractivity contribution is 4.99. The van der Waals surface area contributed by atoms with Crippen LogP contribution in [0, 0.1) is 0 Å². The third kappa shape index (κ3) is 2.12. The second-order valence-corrected chi connectivity index (χ2v) is 5.03. The number of aromatic nitrogens is 2. The van der Waals surface area contributed by atoms with Gasteiger partial charge >= 0.3 is 0 Å². The molecule has 1 atom stereocenters. The van der Waals surface area contributed by atoms with Crippen molar-refractivity contribution in [1.82, 2.24) is 15.5 Å². The van der Waals surface area contributed by atoms with Crippen LogP contribution >= 0.6 is 0 Å². The van der Waals surface area contributed by atoms with Crippen molar-refractivity contribution >= 4 is 0 Å². The maximum Gasteiger partial charge on any atom is 0.228 e. The van der Waals surface area contributed by atoms with Gasteiger partial charge in [0, 0.05) is 18.4 Å². The molecule has 1 aliphatic heterocycles. The Hall–Kier alpha value is -0.900. The van der Waals surface area contributed by atoms with Crippen molar-refractivity contribution in [2.45, 2.75) is 56.9 Å². The molecular weight excluding hydrogens is 202 g/mol. The minimum atomic E-state index is 0.553. The van der Waals surface area contributed by atoms with Crippen molar-refractivity contribution in [3.05, 3.63) is 11.7 Å². The zero-order valence-corrected chi connectivity index (χ0v) is 9.61. The second kappa shape index (κ2) is 4.53. The molecule has 0 aromatic carbocycles. The monoisotopic (exact) mass is 221 g/mol. The first kappa shape index (κ1) is 10.3. The van der Waals surface area contributed by atoms with Gasteiger partial charge in [-0.3, -0.25) is 0 Å². The van der Waals surface area contributed by atoms with E-state index in [9.17, 15) is 0 Å². The van der Waals surface area contributed by atoms with Crippen molar-refractivity contribution in [3.8, 4) is 0 Å². The minimum absolute atomic E-state index is 0.553. The van der Waals surface area contributed by atoms with Gasteiger partial charge in [0.1, 0.15) is 0 Å². The first-order chi connectivity index (χ1) is 7.92. The second-order valence-electron chi connectivity index (χ2n) is 5.03. The largest absolute Gasteiger partial charge is 0.339 e. The van der Waals surface area contributed by atoms with Crippen LogP contribution in [0.4, 0.5) is 0 Å². The number of nitrogens with zero attached hydrogens (tertiary/aromatic N) is 2. The normalized spacial score (nSPS) is 26.6. The van der Waals surface area contributed by atoms with E-state index in [1.807, 2.05) is 0 Å². The van der Waals surface area contributed by atoms with Gasteiger partial charge in [0.2, 0.25) is 5.89 Å². The van der Waals surface area contributed by atoms with Crippen LogP contribution in [0.5, 0.6) is 0 Å². The van der Waals surface area contributed by atoms with Gasteiger partial charge in [-0.25, -0.2) is 0 Å². The van der Waals surface area contributed by atoms with Crippen LogP contribution < -0.4 is 5.32 Å². The van der Waals surface area contributed by atoms with Crippen LogP contribution in [0.2, 0.25) is 0 Å². The summed E-state index contributed by atoms with van der Waals surface area (Å²) >= 11 is 0. The van der Waals surface area contributed by atoms with E-state index >= 15 is 0 Å². The van der Waals surface area contributed by atoms with Gasteiger partial charge < -0.3 is 9.84 Å². The van der Waals surface area contributed by atoms with E-state index in [4.69, 9.17) is 4.52 Å². The van der Waals surface area contributed by atoms with Crippen LogP contribution in [-0.2, 0) is 6.42 Å². The molecule has 4 heteroatoms. The first-order valence-electron chi connectivity index (χ1n) is 6.47. The zero-order chi connectivity index (χ0) is 10.8. The van der Waals surface area contributed by atoms with Crippen LogP contribution in [0.15, 0.2) is 4.52 Å². The van der Waals surface area contributed by atoms with E-state index in [1.54, 1.807) is 0 Å². The molecule has 2 aliphatic rings.